The molecule has 3 aromatic rings. The number of benzene rings is 2. The zero-order valence-electron chi connectivity index (χ0n) is 11.9. The molecular formula is C18H12O5. The number of phenolic OH excluding ortho intramolecular Hbond substituents is 1. The van der Waals surface area contributed by atoms with Crippen molar-refractivity contribution in [2.45, 2.75) is 0 Å². The molecule has 3 rings (SSSR count). The third-order valence-electron chi connectivity index (χ3n) is 3.29. The number of terminal acetylenes is 1. The SMILES string of the molecule is C#CCOc1ccc2c(=O)c(O)c(-c3ccc(O)cc3)oc2c1. The van der Waals surface area contributed by atoms with Crippen molar-refractivity contribution in [1.29, 1.82) is 0 Å². The molecule has 0 bridgehead atoms. The normalized spacial score (nSPS) is 10.4. The third-order valence-corrected chi connectivity index (χ3v) is 3.29. The Hall–Kier alpha value is -3.39. The fraction of sp³-hybridized carbons (Fsp3) is 0.0556. The minimum Gasteiger partial charge on any atom is -0.508 e. The topological polar surface area (TPSA) is 79.9 Å². The van der Waals surface area contributed by atoms with Gasteiger partial charge in [0, 0.05) is 11.6 Å². The molecule has 5 nitrogen and oxygen atoms in total. The lowest BCUT2D eigenvalue weighted by molar-refractivity contribution is 0.370. The molecule has 114 valence electrons. The van der Waals surface area contributed by atoms with Gasteiger partial charge in [-0.3, -0.25) is 4.79 Å². The fourth-order valence-electron chi connectivity index (χ4n) is 2.19. The Morgan fingerprint density at radius 1 is 1.13 bits per heavy atom. The zero-order valence-corrected chi connectivity index (χ0v) is 11.9. The van der Waals surface area contributed by atoms with Crippen molar-refractivity contribution in [3.8, 4) is 40.9 Å². The van der Waals surface area contributed by atoms with E-state index in [0.29, 0.717) is 11.3 Å². The molecule has 0 amide bonds. The second-order valence-corrected chi connectivity index (χ2v) is 4.81. The average molecular weight is 308 g/mol. The Kier molecular flexibility index (Phi) is 3.65. The first kappa shape index (κ1) is 14.5. The summed E-state index contributed by atoms with van der Waals surface area (Å²) in [5.41, 5.74) is 0.192. The first-order chi connectivity index (χ1) is 11.1. The predicted octanol–water partition coefficient (Wildman–Crippen LogP) is 2.88. The van der Waals surface area contributed by atoms with Crippen LogP contribution in [0.25, 0.3) is 22.3 Å². The van der Waals surface area contributed by atoms with Gasteiger partial charge in [0.1, 0.15) is 23.7 Å². The second kappa shape index (κ2) is 5.78. The molecule has 1 heterocycles. The molecule has 0 radical (unpaired) electrons. The van der Waals surface area contributed by atoms with E-state index in [4.69, 9.17) is 15.6 Å². The standard InChI is InChI=1S/C18H12O5/c1-2-9-22-13-7-8-14-15(10-13)23-18(17(21)16(14)20)11-3-5-12(19)6-4-11/h1,3-8,10,19,21H,9H2. The van der Waals surface area contributed by atoms with Crippen LogP contribution in [0, 0.1) is 12.3 Å². The van der Waals surface area contributed by atoms with Crippen molar-refractivity contribution in [2.75, 3.05) is 6.61 Å². The van der Waals surface area contributed by atoms with Crippen molar-refractivity contribution in [3.63, 3.8) is 0 Å². The summed E-state index contributed by atoms with van der Waals surface area (Å²) in [6.45, 7) is 0.0959. The number of hydrogen-bond donors (Lipinski definition) is 2. The molecule has 23 heavy (non-hydrogen) atoms. The van der Waals surface area contributed by atoms with Gasteiger partial charge < -0.3 is 19.4 Å². The zero-order chi connectivity index (χ0) is 16.4. The van der Waals surface area contributed by atoms with Gasteiger partial charge in [0.05, 0.1) is 5.39 Å². The van der Waals surface area contributed by atoms with E-state index in [2.05, 4.69) is 5.92 Å². The quantitative estimate of drug-likeness (QED) is 0.727. The molecule has 0 unspecified atom stereocenters. The van der Waals surface area contributed by atoms with Gasteiger partial charge >= 0.3 is 0 Å². The van der Waals surface area contributed by atoms with Gasteiger partial charge in [-0.1, -0.05) is 5.92 Å². The van der Waals surface area contributed by atoms with E-state index in [9.17, 15) is 15.0 Å². The molecule has 0 fully saturated rings. The second-order valence-electron chi connectivity index (χ2n) is 4.81. The highest BCUT2D eigenvalue weighted by atomic mass is 16.5. The number of rotatable bonds is 3. The highest BCUT2D eigenvalue weighted by Gasteiger charge is 2.15. The molecule has 0 spiro atoms. The number of ether oxygens (including phenoxy) is 1. The molecule has 1 aromatic heterocycles. The Morgan fingerprint density at radius 2 is 1.87 bits per heavy atom. The van der Waals surface area contributed by atoms with Crippen molar-refractivity contribution in [1.82, 2.24) is 0 Å². The summed E-state index contributed by atoms with van der Waals surface area (Å²) >= 11 is 0. The highest BCUT2D eigenvalue weighted by Crippen LogP contribution is 2.32. The summed E-state index contributed by atoms with van der Waals surface area (Å²) in [5, 5.41) is 19.7. The molecule has 0 saturated heterocycles. The van der Waals surface area contributed by atoms with Crippen LogP contribution in [0.2, 0.25) is 0 Å². The van der Waals surface area contributed by atoms with E-state index in [1.165, 1.54) is 36.4 Å². The minimum atomic E-state index is -0.544. The van der Waals surface area contributed by atoms with E-state index in [1.54, 1.807) is 6.07 Å². The van der Waals surface area contributed by atoms with E-state index in [1.807, 2.05) is 0 Å². The van der Waals surface area contributed by atoms with Crippen molar-refractivity contribution in [3.05, 3.63) is 52.7 Å². The summed E-state index contributed by atoms with van der Waals surface area (Å²) in [5.74, 6) is 2.42. The van der Waals surface area contributed by atoms with Crippen LogP contribution >= 0.6 is 0 Å². The molecule has 0 aliphatic heterocycles. The number of hydrogen-bond acceptors (Lipinski definition) is 5. The Labute approximate surface area is 131 Å². The van der Waals surface area contributed by atoms with Crippen LogP contribution in [0.1, 0.15) is 0 Å². The van der Waals surface area contributed by atoms with Crippen LogP contribution in [0.5, 0.6) is 17.2 Å². The molecule has 2 aromatic carbocycles. The van der Waals surface area contributed by atoms with Gasteiger partial charge in [0.2, 0.25) is 11.2 Å². The smallest absolute Gasteiger partial charge is 0.235 e. The van der Waals surface area contributed by atoms with Crippen molar-refractivity contribution in [2.24, 2.45) is 0 Å². The molecule has 0 aliphatic rings. The van der Waals surface area contributed by atoms with Gasteiger partial charge in [-0.2, -0.15) is 0 Å². The van der Waals surface area contributed by atoms with Crippen LogP contribution in [-0.2, 0) is 0 Å². The van der Waals surface area contributed by atoms with E-state index in [0.717, 1.165) is 0 Å². The van der Waals surface area contributed by atoms with E-state index >= 15 is 0 Å². The van der Waals surface area contributed by atoms with Crippen LogP contribution in [-0.4, -0.2) is 16.8 Å². The first-order valence-electron chi connectivity index (χ1n) is 6.75. The first-order valence-corrected chi connectivity index (χ1v) is 6.75. The fourth-order valence-corrected chi connectivity index (χ4v) is 2.19. The maximum atomic E-state index is 12.3. The Balaban J connectivity index is 2.19. The maximum absolute atomic E-state index is 12.3. The summed E-state index contributed by atoms with van der Waals surface area (Å²) in [4.78, 5) is 12.3. The number of aromatic hydroxyl groups is 2. The van der Waals surface area contributed by atoms with Crippen LogP contribution in [0.15, 0.2) is 51.7 Å². The lowest BCUT2D eigenvalue weighted by Gasteiger charge is -2.08. The Bertz CT molecular complexity index is 962. The monoisotopic (exact) mass is 308 g/mol. The maximum Gasteiger partial charge on any atom is 0.235 e. The van der Waals surface area contributed by atoms with Crippen molar-refractivity contribution >= 4 is 11.0 Å². The molecular weight excluding hydrogens is 296 g/mol. The largest absolute Gasteiger partial charge is 0.508 e. The summed E-state index contributed by atoms with van der Waals surface area (Å²) in [6.07, 6.45) is 5.14. The summed E-state index contributed by atoms with van der Waals surface area (Å²) in [6, 6.07) is 10.6. The lowest BCUT2D eigenvalue weighted by Crippen LogP contribution is -2.03. The van der Waals surface area contributed by atoms with E-state index in [-0.39, 0.29) is 29.1 Å². The lowest BCUT2D eigenvalue weighted by atomic mass is 10.1. The minimum absolute atomic E-state index is 0.0246. The third kappa shape index (κ3) is 2.70. The summed E-state index contributed by atoms with van der Waals surface area (Å²) in [7, 11) is 0. The van der Waals surface area contributed by atoms with E-state index < -0.39 is 11.2 Å². The number of fused-ring (bicyclic) bond motifs is 1. The predicted molar refractivity (Wildman–Crippen MR) is 85.6 cm³/mol. The average Bonchev–Trinajstić information content (AvgIpc) is 2.57. The van der Waals surface area contributed by atoms with Crippen LogP contribution < -0.4 is 10.2 Å². The van der Waals surface area contributed by atoms with Gasteiger partial charge in [-0.05, 0) is 36.4 Å². The summed E-state index contributed by atoms with van der Waals surface area (Å²) < 4.78 is 11.0. The van der Waals surface area contributed by atoms with Gasteiger partial charge in [0.15, 0.2) is 5.76 Å². The molecule has 2 N–H and O–H groups in total. The molecule has 0 aliphatic carbocycles. The van der Waals surface area contributed by atoms with Gasteiger partial charge in [-0.15, -0.1) is 6.42 Å². The molecule has 0 atom stereocenters. The Morgan fingerprint density at radius 3 is 2.57 bits per heavy atom. The van der Waals surface area contributed by atoms with Gasteiger partial charge in [0.25, 0.3) is 0 Å². The van der Waals surface area contributed by atoms with Crippen LogP contribution in [0.4, 0.5) is 0 Å². The van der Waals surface area contributed by atoms with Crippen molar-refractivity contribution < 1.29 is 19.4 Å². The van der Waals surface area contributed by atoms with Gasteiger partial charge in [-0.25, -0.2) is 0 Å². The van der Waals surface area contributed by atoms with Crippen LogP contribution in [0.3, 0.4) is 0 Å². The number of phenols is 1. The molecule has 0 saturated carbocycles. The highest BCUT2D eigenvalue weighted by molar-refractivity contribution is 5.83. The molecule has 5 heteroatoms.